The normalized spacial score (nSPS) is 22.6. The topological polar surface area (TPSA) is 30.5 Å². The van der Waals surface area contributed by atoms with Crippen molar-refractivity contribution in [2.45, 2.75) is 51.7 Å². The lowest BCUT2D eigenvalue weighted by Gasteiger charge is -2.36. The number of hydrogen-bond acceptors (Lipinski definition) is 3. The molecule has 1 aliphatic rings. The molecule has 1 aliphatic heterocycles. The molecule has 1 N–H and O–H groups in total. The molecule has 0 aliphatic carbocycles. The van der Waals surface area contributed by atoms with Crippen LogP contribution < -0.4 is 10.1 Å². The maximum Gasteiger partial charge on any atom is 0.122 e. The SMILES string of the molecule is COc1ccc(C2CNC(C)(C)CO2)cc1C(C)(C)C. The van der Waals surface area contributed by atoms with E-state index in [0.717, 1.165) is 18.9 Å². The van der Waals surface area contributed by atoms with Crippen LogP contribution in [-0.4, -0.2) is 25.8 Å². The van der Waals surface area contributed by atoms with Crippen molar-refractivity contribution in [3.8, 4) is 5.75 Å². The van der Waals surface area contributed by atoms with Gasteiger partial charge in [0, 0.05) is 12.1 Å². The number of ether oxygens (including phenoxy) is 2. The van der Waals surface area contributed by atoms with Gasteiger partial charge in [-0.3, -0.25) is 0 Å². The second-order valence-corrected chi connectivity index (χ2v) is 7.27. The van der Waals surface area contributed by atoms with Gasteiger partial charge in [-0.2, -0.15) is 0 Å². The predicted molar refractivity (Wildman–Crippen MR) is 82.5 cm³/mol. The molecule has 1 aromatic rings. The Bertz CT molecular complexity index is 464. The summed E-state index contributed by atoms with van der Waals surface area (Å²) in [4.78, 5) is 0. The molecule has 112 valence electrons. The van der Waals surface area contributed by atoms with Crippen LogP contribution >= 0.6 is 0 Å². The van der Waals surface area contributed by atoms with E-state index in [1.165, 1.54) is 11.1 Å². The van der Waals surface area contributed by atoms with Crippen molar-refractivity contribution < 1.29 is 9.47 Å². The van der Waals surface area contributed by atoms with Crippen molar-refractivity contribution in [1.29, 1.82) is 0 Å². The Morgan fingerprint density at radius 1 is 1.30 bits per heavy atom. The fraction of sp³-hybridized carbons (Fsp3) is 0.647. The first-order valence-electron chi connectivity index (χ1n) is 7.28. The molecule has 0 aromatic heterocycles. The highest BCUT2D eigenvalue weighted by Crippen LogP contribution is 2.34. The highest BCUT2D eigenvalue weighted by molar-refractivity contribution is 5.42. The second-order valence-electron chi connectivity index (χ2n) is 7.27. The number of benzene rings is 1. The zero-order chi connectivity index (χ0) is 15.0. The minimum atomic E-state index is 0.0583. The molecular formula is C17H27NO2. The smallest absolute Gasteiger partial charge is 0.122 e. The predicted octanol–water partition coefficient (Wildman–Crippen LogP) is 3.43. The van der Waals surface area contributed by atoms with Crippen LogP contribution in [0.4, 0.5) is 0 Å². The molecule has 1 unspecified atom stereocenters. The number of nitrogens with one attached hydrogen (secondary N) is 1. The first-order valence-corrected chi connectivity index (χ1v) is 7.28. The largest absolute Gasteiger partial charge is 0.496 e. The third kappa shape index (κ3) is 3.33. The first-order chi connectivity index (χ1) is 9.23. The molecule has 1 heterocycles. The van der Waals surface area contributed by atoms with Gasteiger partial charge < -0.3 is 14.8 Å². The minimum absolute atomic E-state index is 0.0583. The molecule has 20 heavy (non-hydrogen) atoms. The van der Waals surface area contributed by atoms with Gasteiger partial charge in [-0.15, -0.1) is 0 Å². The van der Waals surface area contributed by atoms with Gasteiger partial charge in [-0.05, 0) is 42.5 Å². The van der Waals surface area contributed by atoms with Crippen LogP contribution in [0.15, 0.2) is 18.2 Å². The Morgan fingerprint density at radius 3 is 2.50 bits per heavy atom. The lowest BCUT2D eigenvalue weighted by molar-refractivity contribution is -0.0229. The van der Waals surface area contributed by atoms with E-state index in [9.17, 15) is 0 Å². The van der Waals surface area contributed by atoms with Crippen molar-refractivity contribution in [2.24, 2.45) is 0 Å². The van der Waals surface area contributed by atoms with Crippen molar-refractivity contribution in [1.82, 2.24) is 5.32 Å². The third-order valence-electron chi connectivity index (χ3n) is 3.81. The van der Waals surface area contributed by atoms with E-state index in [2.05, 4.69) is 58.1 Å². The van der Waals surface area contributed by atoms with E-state index in [0.29, 0.717) is 0 Å². The number of methoxy groups -OCH3 is 1. The van der Waals surface area contributed by atoms with Gasteiger partial charge in [0.05, 0.1) is 19.8 Å². The molecule has 1 atom stereocenters. The molecule has 1 aromatic carbocycles. The van der Waals surface area contributed by atoms with Crippen LogP contribution in [0.3, 0.4) is 0 Å². The number of hydrogen-bond donors (Lipinski definition) is 1. The molecule has 0 saturated carbocycles. The number of morpholine rings is 1. The van der Waals surface area contributed by atoms with Gasteiger partial charge in [0.1, 0.15) is 5.75 Å². The highest BCUT2D eigenvalue weighted by Gasteiger charge is 2.29. The summed E-state index contributed by atoms with van der Waals surface area (Å²) in [5.41, 5.74) is 2.57. The summed E-state index contributed by atoms with van der Waals surface area (Å²) in [7, 11) is 1.73. The van der Waals surface area contributed by atoms with Crippen LogP contribution in [0.1, 0.15) is 51.8 Å². The molecular weight excluding hydrogens is 250 g/mol. The Labute approximate surface area is 122 Å². The van der Waals surface area contributed by atoms with E-state index < -0.39 is 0 Å². The Kier molecular flexibility index (Phi) is 4.12. The third-order valence-corrected chi connectivity index (χ3v) is 3.81. The lowest BCUT2D eigenvalue weighted by Crippen LogP contribution is -2.50. The summed E-state index contributed by atoms with van der Waals surface area (Å²) in [5, 5.41) is 3.54. The van der Waals surface area contributed by atoms with Gasteiger partial charge in [0.25, 0.3) is 0 Å². The van der Waals surface area contributed by atoms with Gasteiger partial charge in [0.2, 0.25) is 0 Å². The molecule has 0 radical (unpaired) electrons. The average molecular weight is 277 g/mol. The van der Waals surface area contributed by atoms with E-state index in [-0.39, 0.29) is 17.1 Å². The summed E-state index contributed by atoms with van der Waals surface area (Å²) < 4.78 is 11.5. The summed E-state index contributed by atoms with van der Waals surface area (Å²) in [6.07, 6.45) is 0.120. The van der Waals surface area contributed by atoms with Crippen molar-refractivity contribution in [2.75, 3.05) is 20.3 Å². The standard InChI is InChI=1S/C17H27NO2/c1-16(2,3)13-9-12(7-8-14(13)19-6)15-10-18-17(4,5)11-20-15/h7-9,15,18H,10-11H2,1-6H3. The van der Waals surface area contributed by atoms with Crippen molar-refractivity contribution in [3.63, 3.8) is 0 Å². The maximum atomic E-state index is 6.02. The van der Waals surface area contributed by atoms with Gasteiger partial charge in [-0.1, -0.05) is 26.8 Å². The Hall–Kier alpha value is -1.06. The quantitative estimate of drug-likeness (QED) is 0.898. The number of rotatable bonds is 2. The monoisotopic (exact) mass is 277 g/mol. The molecule has 0 spiro atoms. The zero-order valence-electron chi connectivity index (χ0n) is 13.5. The van der Waals surface area contributed by atoms with Crippen LogP contribution in [0.25, 0.3) is 0 Å². The van der Waals surface area contributed by atoms with Gasteiger partial charge in [0.15, 0.2) is 0 Å². The summed E-state index contributed by atoms with van der Waals surface area (Å²) in [6, 6.07) is 6.39. The highest BCUT2D eigenvalue weighted by atomic mass is 16.5. The van der Waals surface area contributed by atoms with Crippen LogP contribution in [0.5, 0.6) is 5.75 Å². The molecule has 0 bridgehead atoms. The van der Waals surface area contributed by atoms with Crippen molar-refractivity contribution >= 4 is 0 Å². The molecule has 0 amide bonds. The van der Waals surface area contributed by atoms with E-state index in [4.69, 9.17) is 9.47 Å². The maximum absolute atomic E-state index is 6.02. The first kappa shape index (κ1) is 15.3. The molecule has 1 fully saturated rings. The fourth-order valence-corrected chi connectivity index (χ4v) is 2.51. The molecule has 3 heteroatoms. The van der Waals surface area contributed by atoms with E-state index in [1.54, 1.807) is 7.11 Å². The van der Waals surface area contributed by atoms with Crippen LogP contribution in [-0.2, 0) is 10.2 Å². The Morgan fingerprint density at radius 2 is 2.00 bits per heavy atom. The van der Waals surface area contributed by atoms with Crippen molar-refractivity contribution in [3.05, 3.63) is 29.3 Å². The molecule has 3 nitrogen and oxygen atoms in total. The van der Waals surface area contributed by atoms with E-state index >= 15 is 0 Å². The molecule has 1 saturated heterocycles. The van der Waals surface area contributed by atoms with E-state index in [1.807, 2.05) is 0 Å². The lowest BCUT2D eigenvalue weighted by atomic mass is 9.84. The van der Waals surface area contributed by atoms with Crippen LogP contribution in [0.2, 0.25) is 0 Å². The minimum Gasteiger partial charge on any atom is -0.496 e. The second kappa shape index (κ2) is 5.38. The Balaban J connectivity index is 2.26. The summed E-state index contributed by atoms with van der Waals surface area (Å²) >= 11 is 0. The molecule has 2 rings (SSSR count). The zero-order valence-corrected chi connectivity index (χ0v) is 13.5. The summed E-state index contributed by atoms with van der Waals surface area (Å²) in [6.45, 7) is 12.5. The van der Waals surface area contributed by atoms with Crippen LogP contribution in [0, 0.1) is 0 Å². The summed E-state index contributed by atoms with van der Waals surface area (Å²) in [5.74, 6) is 0.949. The van der Waals surface area contributed by atoms with Gasteiger partial charge in [-0.25, -0.2) is 0 Å². The fourth-order valence-electron chi connectivity index (χ4n) is 2.51. The van der Waals surface area contributed by atoms with Gasteiger partial charge >= 0.3 is 0 Å². The average Bonchev–Trinajstić information content (AvgIpc) is 2.37.